The van der Waals surface area contributed by atoms with Crippen molar-refractivity contribution in [3.8, 4) is 0 Å². The lowest BCUT2D eigenvalue weighted by molar-refractivity contribution is -0.377. The number of aliphatic hydroxyl groups is 17. The van der Waals surface area contributed by atoms with E-state index in [2.05, 4.69) is 16.0 Å². The average molecular weight is 1110 g/mol. The number of aliphatic hydroxyl groups excluding tert-OH is 17. The fourth-order valence-electron chi connectivity index (χ4n) is 9.62. The number of carbonyl (C=O) groups is 3. The third-order valence-corrected chi connectivity index (χ3v) is 13.6. The standard InChI is InChI=1S/C42H71N3O31/c1-10(51)43-19-26(58)33(16(7-49)71-38(19)66-9-18-25(57)35(20(37(65)67-18)44-11(2)52)75-40-30(62)27(59)22(54)13(4-46)69-40)74-42-32(64)29(61)34(17(8-50)72-42)73-39-21(45-12(3)53)36(24(56)15(6-48)68-39)76-41-31(63)28(60)23(55)14(5-47)70-41/h13-42,46-50,54-65H,4-9H2,1-3H3,(H,43,51)(H,44,52)(H,45,53)/t13-,14-,15-,16-,17-,18-,19-,20-,21-,22+,23+,24-,25+,26-,27+,28+,29-,30-,31-,32-,33-,34+,35-,36-,37+,38-,39+,40+,41+,42+/m1/s1. The number of nitrogens with one attached hydrogen (secondary N) is 3. The molecule has 6 saturated heterocycles. The van der Waals surface area contributed by atoms with Gasteiger partial charge in [-0.05, 0) is 0 Å². The predicted molar refractivity (Wildman–Crippen MR) is 234 cm³/mol. The van der Waals surface area contributed by atoms with Crippen LogP contribution in [0.15, 0.2) is 0 Å². The predicted octanol–water partition coefficient (Wildman–Crippen LogP) is -13.7. The summed E-state index contributed by atoms with van der Waals surface area (Å²) in [5, 5.41) is 189. The summed E-state index contributed by atoms with van der Waals surface area (Å²) in [5.41, 5.74) is 0. The van der Waals surface area contributed by atoms with E-state index in [0.29, 0.717) is 0 Å². The normalized spacial score (nSPS) is 48.2. The zero-order chi connectivity index (χ0) is 56.2. The number of amides is 3. The Kier molecular flexibility index (Phi) is 22.3. The monoisotopic (exact) mass is 1110 g/mol. The third kappa shape index (κ3) is 13.7. The Morgan fingerprint density at radius 1 is 0.342 bits per heavy atom. The van der Waals surface area contributed by atoms with Crippen LogP contribution in [0.25, 0.3) is 0 Å². The third-order valence-electron chi connectivity index (χ3n) is 13.6. The molecule has 0 bridgehead atoms. The number of hydrogen-bond donors (Lipinski definition) is 20. The number of rotatable bonds is 19. The van der Waals surface area contributed by atoms with E-state index in [1.807, 2.05) is 0 Å². The highest BCUT2D eigenvalue weighted by molar-refractivity contribution is 5.74. The summed E-state index contributed by atoms with van der Waals surface area (Å²) in [7, 11) is 0. The molecule has 6 aliphatic rings. The van der Waals surface area contributed by atoms with Crippen molar-refractivity contribution in [3.05, 3.63) is 0 Å². The summed E-state index contributed by atoms with van der Waals surface area (Å²) < 4.78 is 62.9. The Hall–Kier alpha value is -2.71. The quantitative estimate of drug-likeness (QED) is 0.0571. The molecular weight excluding hydrogens is 1040 g/mol. The van der Waals surface area contributed by atoms with E-state index in [1.54, 1.807) is 0 Å². The van der Waals surface area contributed by atoms with Gasteiger partial charge in [-0.2, -0.15) is 0 Å². The second kappa shape index (κ2) is 27.2. The molecule has 0 aromatic carbocycles. The zero-order valence-electron chi connectivity index (χ0n) is 40.9. The molecular formula is C42H71N3O31. The van der Waals surface area contributed by atoms with E-state index in [-0.39, 0.29) is 0 Å². The van der Waals surface area contributed by atoms with E-state index in [4.69, 9.17) is 52.1 Å². The van der Waals surface area contributed by atoms with Crippen molar-refractivity contribution in [1.29, 1.82) is 0 Å². The van der Waals surface area contributed by atoms with E-state index >= 15 is 0 Å². The molecule has 0 radical (unpaired) electrons. The molecule has 3 amide bonds. The molecule has 30 atom stereocenters. The minimum atomic E-state index is -2.20. The summed E-state index contributed by atoms with van der Waals surface area (Å²) in [6.45, 7) is -2.42. The first-order valence-corrected chi connectivity index (χ1v) is 24.1. The Bertz CT molecular complexity index is 1860. The number of hydrogen-bond acceptors (Lipinski definition) is 31. The largest absolute Gasteiger partial charge is 0.394 e. The first kappa shape index (κ1) is 62.5. The molecule has 0 aromatic heterocycles. The van der Waals surface area contributed by atoms with Crippen LogP contribution in [-0.4, -0.2) is 328 Å². The minimum absolute atomic E-state index is 0.754. The van der Waals surface area contributed by atoms with E-state index < -0.39 is 241 Å². The second-order valence-electron chi connectivity index (χ2n) is 19.0. The molecule has 0 spiro atoms. The van der Waals surface area contributed by atoms with Gasteiger partial charge in [0, 0.05) is 20.8 Å². The van der Waals surface area contributed by atoms with Crippen LogP contribution in [0.1, 0.15) is 20.8 Å². The molecule has 440 valence electrons. The van der Waals surface area contributed by atoms with Crippen molar-refractivity contribution in [2.24, 2.45) is 0 Å². The second-order valence-corrected chi connectivity index (χ2v) is 19.0. The number of carbonyl (C=O) groups excluding carboxylic acids is 3. The van der Waals surface area contributed by atoms with Gasteiger partial charge < -0.3 is 155 Å². The van der Waals surface area contributed by atoms with Crippen molar-refractivity contribution >= 4 is 17.7 Å². The van der Waals surface area contributed by atoms with Crippen molar-refractivity contribution in [2.75, 3.05) is 39.6 Å². The van der Waals surface area contributed by atoms with Gasteiger partial charge in [0.2, 0.25) is 17.7 Å². The fraction of sp³-hybridized carbons (Fsp3) is 0.929. The highest BCUT2D eigenvalue weighted by Gasteiger charge is 2.57. The van der Waals surface area contributed by atoms with Gasteiger partial charge in [0.15, 0.2) is 37.7 Å². The van der Waals surface area contributed by atoms with Crippen LogP contribution in [0.2, 0.25) is 0 Å². The Balaban J connectivity index is 1.16. The van der Waals surface area contributed by atoms with Crippen molar-refractivity contribution in [2.45, 2.75) is 205 Å². The van der Waals surface area contributed by atoms with Gasteiger partial charge in [-0.15, -0.1) is 0 Å². The van der Waals surface area contributed by atoms with Crippen molar-refractivity contribution in [3.63, 3.8) is 0 Å². The smallest absolute Gasteiger partial charge is 0.217 e. The SMILES string of the molecule is CC(=O)N[C@@H]1[C@@H](O[C@@H]2O[C@H](CO)[C@H](O)[C@H](O)[C@H]2O)[C@@H](O)[C@@H](CO[C@@H]2O[C@H](CO)[C@@H](O[C@@H]3O[C@H](CO)[C@H](O[C@@H]4O[C@H](CO)[C@@H](O)[C@H](O[C@@H]5O[C@H](CO)[C@H](O)[C@H](O)[C@H]5O)[C@H]4NC(C)=O)[C@H](O)[C@H]3O)[C@H](O)[C@H]2NC(C)=O)O[C@@H]1O. The van der Waals surface area contributed by atoms with Crippen LogP contribution in [0.4, 0.5) is 0 Å². The van der Waals surface area contributed by atoms with Crippen LogP contribution >= 0.6 is 0 Å². The van der Waals surface area contributed by atoms with Crippen LogP contribution in [0.5, 0.6) is 0 Å². The fourth-order valence-corrected chi connectivity index (χ4v) is 9.62. The van der Waals surface area contributed by atoms with Crippen LogP contribution in [0, 0.1) is 0 Å². The molecule has 76 heavy (non-hydrogen) atoms. The lowest BCUT2D eigenvalue weighted by Gasteiger charge is -2.50. The molecule has 6 aliphatic heterocycles. The molecule has 6 fully saturated rings. The molecule has 34 heteroatoms. The maximum absolute atomic E-state index is 12.5. The van der Waals surface area contributed by atoms with Gasteiger partial charge in [-0.1, -0.05) is 0 Å². The van der Waals surface area contributed by atoms with Gasteiger partial charge in [0.1, 0.15) is 146 Å². The van der Waals surface area contributed by atoms with Gasteiger partial charge in [0.25, 0.3) is 0 Å². The van der Waals surface area contributed by atoms with Gasteiger partial charge in [-0.3, -0.25) is 14.4 Å². The zero-order valence-corrected chi connectivity index (χ0v) is 40.9. The van der Waals surface area contributed by atoms with Crippen LogP contribution in [-0.2, 0) is 66.5 Å². The Labute approximate surface area is 431 Å². The molecule has 20 N–H and O–H groups in total. The van der Waals surface area contributed by atoms with Crippen molar-refractivity contribution in [1.82, 2.24) is 16.0 Å². The first-order chi connectivity index (χ1) is 35.9. The maximum Gasteiger partial charge on any atom is 0.217 e. The molecule has 0 saturated carbocycles. The summed E-state index contributed by atoms with van der Waals surface area (Å²) in [5.74, 6) is -2.37. The van der Waals surface area contributed by atoms with Crippen molar-refractivity contribution < 1.29 is 153 Å². The first-order valence-electron chi connectivity index (χ1n) is 24.1. The van der Waals surface area contributed by atoms with Gasteiger partial charge in [0.05, 0.1) is 39.6 Å². The molecule has 6 rings (SSSR count). The van der Waals surface area contributed by atoms with Gasteiger partial charge in [-0.25, -0.2) is 0 Å². The Morgan fingerprint density at radius 2 is 0.684 bits per heavy atom. The van der Waals surface area contributed by atoms with E-state index in [1.165, 1.54) is 0 Å². The lowest BCUT2D eigenvalue weighted by Crippen LogP contribution is -2.70. The van der Waals surface area contributed by atoms with E-state index in [0.717, 1.165) is 20.8 Å². The highest BCUT2D eigenvalue weighted by Crippen LogP contribution is 2.36. The molecule has 0 aliphatic carbocycles. The molecule has 0 unspecified atom stereocenters. The summed E-state index contributed by atoms with van der Waals surface area (Å²) in [6.07, 6.45) is -50.0. The molecule has 6 heterocycles. The Morgan fingerprint density at radius 3 is 1.16 bits per heavy atom. The van der Waals surface area contributed by atoms with Crippen LogP contribution < -0.4 is 16.0 Å². The summed E-state index contributed by atoms with van der Waals surface area (Å²) in [4.78, 5) is 37.2. The summed E-state index contributed by atoms with van der Waals surface area (Å²) >= 11 is 0. The lowest BCUT2D eigenvalue weighted by atomic mass is 9.94. The van der Waals surface area contributed by atoms with Gasteiger partial charge >= 0.3 is 0 Å². The van der Waals surface area contributed by atoms with E-state index in [9.17, 15) is 101 Å². The highest BCUT2D eigenvalue weighted by atomic mass is 16.8. The van der Waals surface area contributed by atoms with Crippen LogP contribution in [0.3, 0.4) is 0 Å². The molecule has 34 nitrogen and oxygen atoms in total. The molecule has 0 aromatic rings. The topological polar surface area (TPSA) is 533 Å². The minimum Gasteiger partial charge on any atom is -0.394 e. The number of ether oxygens (including phenoxy) is 11. The summed E-state index contributed by atoms with van der Waals surface area (Å²) in [6, 6.07) is -4.93. The maximum atomic E-state index is 12.5. The average Bonchev–Trinajstić information content (AvgIpc) is 3.37.